The summed E-state index contributed by atoms with van der Waals surface area (Å²) in [5.74, 6) is 0. The molecule has 0 aromatic heterocycles. The summed E-state index contributed by atoms with van der Waals surface area (Å²) in [6.45, 7) is 7.57. The molecule has 0 aliphatic carbocycles. The number of alkyl halides is 1. The van der Waals surface area contributed by atoms with E-state index >= 15 is 0 Å². The number of rotatable bonds is 1. The van der Waals surface area contributed by atoms with Gasteiger partial charge >= 0.3 is 0 Å². The zero-order valence-corrected chi connectivity index (χ0v) is 2.82. The Morgan fingerprint density at radius 3 is 2.20 bits per heavy atom. The second kappa shape index (κ2) is 1.94. The average molecular weight is 72.1 g/mol. The summed E-state index contributed by atoms with van der Waals surface area (Å²) < 4.78 is 11.1. The van der Waals surface area contributed by atoms with Crippen LogP contribution in [0.2, 0.25) is 0 Å². The lowest BCUT2D eigenvalue weighted by molar-refractivity contribution is 0.467. The van der Waals surface area contributed by atoms with Crippen LogP contribution in [0.1, 0.15) is 0 Å². The molecule has 0 N–H and O–H groups in total. The molecule has 28 valence electrons. The average Bonchev–Trinajstić information content (AvgIpc) is 1.38. The smallest absolute Gasteiger partial charge is 0.122 e. The molecule has 0 aliphatic rings. The van der Waals surface area contributed by atoms with Crippen LogP contribution in [-0.2, 0) is 0 Å². The molecule has 0 aromatic rings. The molecule has 0 bridgehead atoms. The number of halogens is 1. The van der Waals surface area contributed by atoms with Crippen LogP contribution in [0.25, 0.3) is 0 Å². The molecule has 5 heavy (non-hydrogen) atoms. The summed E-state index contributed by atoms with van der Waals surface area (Å²) in [6.07, 6.45) is -0.324. The zero-order valence-electron chi connectivity index (χ0n) is 2.82. The lowest BCUT2D eigenvalue weighted by atomic mass is 10.4. The molecule has 0 heterocycles. The van der Waals surface area contributed by atoms with E-state index < -0.39 is 6.17 Å². The third kappa shape index (κ3) is 3.67. The van der Waals surface area contributed by atoms with E-state index in [4.69, 9.17) is 0 Å². The highest BCUT2D eigenvalue weighted by Crippen LogP contribution is 1.82. The summed E-state index contributed by atoms with van der Waals surface area (Å²) in [6, 6.07) is 0. The van der Waals surface area contributed by atoms with Gasteiger partial charge in [0.15, 0.2) is 0 Å². The number of hydrogen-bond acceptors (Lipinski definition) is 0. The molecular formula is C4H5F. The Balaban J connectivity index is 2.83. The Labute approximate surface area is 31.3 Å². The van der Waals surface area contributed by atoms with Gasteiger partial charge in [0.2, 0.25) is 0 Å². The first-order valence-corrected chi connectivity index (χ1v) is 1.29. The van der Waals surface area contributed by atoms with Crippen LogP contribution in [-0.4, -0.2) is 6.17 Å². The third-order valence-corrected chi connectivity index (χ3v) is 0.225. The number of hydrogen-bond donors (Lipinski definition) is 0. The summed E-state index contributed by atoms with van der Waals surface area (Å²) in [5, 5.41) is 0. The molecule has 0 aliphatic heterocycles. The molecule has 2 radical (unpaired) electrons. The second-order valence-electron chi connectivity index (χ2n) is 0.680. The summed E-state index contributed by atoms with van der Waals surface area (Å²) in [4.78, 5) is 0. The van der Waals surface area contributed by atoms with E-state index in [1.165, 1.54) is 0 Å². The maximum atomic E-state index is 11.1. The van der Waals surface area contributed by atoms with Crippen molar-refractivity contribution in [1.29, 1.82) is 0 Å². The van der Waals surface area contributed by atoms with Gasteiger partial charge in [0.25, 0.3) is 0 Å². The Hall–Kier alpha value is -0.330. The van der Waals surface area contributed by atoms with Crippen LogP contribution in [0.5, 0.6) is 0 Å². The Morgan fingerprint density at radius 2 is 2.20 bits per heavy atom. The van der Waals surface area contributed by atoms with Gasteiger partial charge in [-0.25, -0.2) is 4.39 Å². The van der Waals surface area contributed by atoms with Gasteiger partial charge in [-0.3, -0.25) is 0 Å². The Bertz CT molecular complexity index is 30.6. The minimum atomic E-state index is -1.35. The molecule has 0 nitrogen and oxygen atoms in total. The van der Waals surface area contributed by atoms with Gasteiger partial charge < -0.3 is 0 Å². The minimum Gasteiger partial charge on any atom is -0.243 e. The van der Waals surface area contributed by atoms with Gasteiger partial charge in [-0.05, 0) is 0 Å². The van der Waals surface area contributed by atoms with Crippen LogP contribution < -0.4 is 0 Å². The fraction of sp³-hybridized carbons (Fsp3) is 0.250. The molecule has 1 unspecified atom stereocenters. The van der Waals surface area contributed by atoms with E-state index in [1.54, 1.807) is 0 Å². The van der Waals surface area contributed by atoms with Crippen molar-refractivity contribution in [1.82, 2.24) is 0 Å². The monoisotopic (exact) mass is 72.0 g/mol. The highest BCUT2D eigenvalue weighted by molar-refractivity contribution is 4.79. The fourth-order valence-corrected chi connectivity index (χ4v) is 0. The predicted molar refractivity (Wildman–Crippen MR) is 19.4 cm³/mol. The largest absolute Gasteiger partial charge is 0.243 e. The molecular weight excluding hydrogens is 67.0 g/mol. The van der Waals surface area contributed by atoms with Crippen molar-refractivity contribution in [3.8, 4) is 0 Å². The molecule has 0 spiro atoms. The summed E-state index contributed by atoms with van der Waals surface area (Å²) in [5.41, 5.74) is 0. The van der Waals surface area contributed by atoms with Crippen molar-refractivity contribution in [2.24, 2.45) is 0 Å². The minimum absolute atomic E-state index is 1.03. The van der Waals surface area contributed by atoms with Crippen molar-refractivity contribution in [3.05, 3.63) is 19.6 Å². The normalized spacial score (nSPS) is 14.0. The SMILES string of the molecule is [CH]C(F)C=C. The maximum absolute atomic E-state index is 11.1. The quantitative estimate of drug-likeness (QED) is 0.408. The standard InChI is InChI=1S/C4H5F/c1-3-4(2)5/h2-4H,1H2. The van der Waals surface area contributed by atoms with Crippen LogP contribution in [0.3, 0.4) is 0 Å². The molecule has 0 aromatic carbocycles. The lowest BCUT2D eigenvalue weighted by Crippen LogP contribution is -1.79. The van der Waals surface area contributed by atoms with Crippen LogP contribution in [0, 0.1) is 6.92 Å². The molecule has 0 rings (SSSR count). The van der Waals surface area contributed by atoms with Gasteiger partial charge in [0, 0.05) is 6.92 Å². The van der Waals surface area contributed by atoms with E-state index in [2.05, 4.69) is 13.5 Å². The van der Waals surface area contributed by atoms with Gasteiger partial charge in [-0.15, -0.1) is 6.58 Å². The number of allylic oxidation sites excluding steroid dienone is 1. The van der Waals surface area contributed by atoms with E-state index in [0.717, 1.165) is 6.08 Å². The topological polar surface area (TPSA) is 0 Å². The van der Waals surface area contributed by atoms with E-state index in [9.17, 15) is 4.39 Å². The molecule has 0 saturated heterocycles. The van der Waals surface area contributed by atoms with Gasteiger partial charge in [0.1, 0.15) is 6.17 Å². The zero-order chi connectivity index (χ0) is 4.28. The van der Waals surface area contributed by atoms with Gasteiger partial charge in [0.05, 0.1) is 0 Å². The highest BCUT2D eigenvalue weighted by Gasteiger charge is 1.80. The summed E-state index contributed by atoms with van der Waals surface area (Å²) >= 11 is 0. The van der Waals surface area contributed by atoms with Crippen molar-refractivity contribution in [2.45, 2.75) is 6.17 Å². The first kappa shape index (κ1) is 4.67. The van der Waals surface area contributed by atoms with Crippen LogP contribution >= 0.6 is 0 Å². The predicted octanol–water partition coefficient (Wildman–Crippen LogP) is 1.22. The van der Waals surface area contributed by atoms with Crippen molar-refractivity contribution in [2.75, 3.05) is 0 Å². The Morgan fingerprint density at radius 1 is 2.00 bits per heavy atom. The second-order valence-corrected chi connectivity index (χ2v) is 0.680. The van der Waals surface area contributed by atoms with Gasteiger partial charge in [-0.2, -0.15) is 0 Å². The highest BCUT2D eigenvalue weighted by atomic mass is 19.1. The first-order valence-electron chi connectivity index (χ1n) is 1.29. The molecule has 1 atom stereocenters. The van der Waals surface area contributed by atoms with Gasteiger partial charge in [-0.1, -0.05) is 6.08 Å². The van der Waals surface area contributed by atoms with E-state index in [-0.39, 0.29) is 0 Å². The van der Waals surface area contributed by atoms with Crippen molar-refractivity contribution >= 4 is 0 Å². The van der Waals surface area contributed by atoms with E-state index in [0.29, 0.717) is 0 Å². The fourth-order valence-electron chi connectivity index (χ4n) is 0. The molecule has 0 amide bonds. The Kier molecular flexibility index (Phi) is 1.81. The van der Waals surface area contributed by atoms with Crippen molar-refractivity contribution < 1.29 is 4.39 Å². The van der Waals surface area contributed by atoms with Crippen LogP contribution in [0.4, 0.5) is 4.39 Å². The third-order valence-electron chi connectivity index (χ3n) is 0.225. The molecule has 0 saturated carbocycles. The molecule has 1 heteroatoms. The first-order chi connectivity index (χ1) is 2.27. The van der Waals surface area contributed by atoms with E-state index in [1.807, 2.05) is 0 Å². The molecule has 0 fully saturated rings. The summed E-state index contributed by atoms with van der Waals surface area (Å²) in [7, 11) is 0. The van der Waals surface area contributed by atoms with Crippen molar-refractivity contribution in [3.63, 3.8) is 0 Å². The van der Waals surface area contributed by atoms with Crippen LogP contribution in [0.15, 0.2) is 12.7 Å². The maximum Gasteiger partial charge on any atom is 0.122 e. The lowest BCUT2D eigenvalue weighted by Gasteiger charge is -1.78.